The van der Waals surface area contributed by atoms with Crippen LogP contribution in [0, 0.1) is 0 Å². The Kier molecular flexibility index (Phi) is 8.91. The first-order valence-corrected chi connectivity index (χ1v) is 15.7. The van der Waals surface area contributed by atoms with Crippen LogP contribution >= 0.6 is 43.2 Å². The summed E-state index contributed by atoms with van der Waals surface area (Å²) in [6.07, 6.45) is 1.71. The van der Waals surface area contributed by atoms with Crippen molar-refractivity contribution < 1.29 is 18.7 Å². The highest BCUT2D eigenvalue weighted by Gasteiger charge is 2.36. The number of likely N-dealkylation sites (N-methyl/N-ethyl adjacent to an activating group) is 1. The van der Waals surface area contributed by atoms with Crippen LogP contribution in [-0.4, -0.2) is 42.7 Å². The molecule has 1 atom stereocenters. The number of hydrogen-bond donors (Lipinski definition) is 0. The van der Waals surface area contributed by atoms with Crippen LogP contribution < -0.4 is 24.4 Å². The van der Waals surface area contributed by atoms with Gasteiger partial charge in [-0.3, -0.25) is 14.2 Å². The van der Waals surface area contributed by atoms with E-state index in [1.54, 1.807) is 41.9 Å². The van der Waals surface area contributed by atoms with Gasteiger partial charge in [0.1, 0.15) is 29.1 Å². The molecule has 4 aromatic rings. The van der Waals surface area contributed by atoms with Crippen molar-refractivity contribution in [2.75, 3.05) is 27.3 Å². The zero-order chi connectivity index (χ0) is 30.1. The van der Waals surface area contributed by atoms with Crippen molar-refractivity contribution in [3.05, 3.63) is 99.8 Å². The number of ether oxygens (including phenoxy) is 2. The van der Waals surface area contributed by atoms with Crippen LogP contribution in [0.25, 0.3) is 17.4 Å². The normalized spacial score (nSPS) is 14.9. The van der Waals surface area contributed by atoms with Gasteiger partial charge in [0.25, 0.3) is 11.5 Å². The van der Waals surface area contributed by atoms with E-state index >= 15 is 0 Å². The molecule has 2 aromatic heterocycles. The van der Waals surface area contributed by atoms with Crippen LogP contribution in [0.1, 0.15) is 38.1 Å². The monoisotopic (exact) mass is 713 g/mol. The number of halogens is 2. The van der Waals surface area contributed by atoms with Gasteiger partial charge in [-0.2, -0.15) is 0 Å². The summed E-state index contributed by atoms with van der Waals surface area (Å²) in [5, 5.41) is 0. The van der Waals surface area contributed by atoms with Gasteiger partial charge in [-0.25, -0.2) is 4.99 Å². The molecule has 0 saturated heterocycles. The summed E-state index contributed by atoms with van der Waals surface area (Å²) in [6.45, 7) is 6.71. The van der Waals surface area contributed by atoms with Crippen molar-refractivity contribution in [1.82, 2.24) is 9.47 Å². The maximum Gasteiger partial charge on any atom is 0.271 e. The Labute approximate surface area is 263 Å². The van der Waals surface area contributed by atoms with E-state index in [2.05, 4.69) is 31.9 Å². The van der Waals surface area contributed by atoms with Gasteiger partial charge in [0.15, 0.2) is 4.80 Å². The molecule has 2 aromatic carbocycles. The number of thiazole rings is 1. The first-order chi connectivity index (χ1) is 20.2. The summed E-state index contributed by atoms with van der Waals surface area (Å²) in [5.74, 6) is 2.11. The Bertz CT molecular complexity index is 1880. The quantitative estimate of drug-likeness (QED) is 0.227. The predicted octanol–water partition coefficient (Wildman–Crippen LogP) is 5.91. The first kappa shape index (κ1) is 30.1. The van der Waals surface area contributed by atoms with Crippen molar-refractivity contribution in [3.63, 3.8) is 0 Å². The predicted molar refractivity (Wildman–Crippen MR) is 171 cm³/mol. The summed E-state index contributed by atoms with van der Waals surface area (Å²) in [4.78, 5) is 35.0. The average Bonchev–Trinajstić information content (AvgIpc) is 3.57. The second-order valence-electron chi connectivity index (χ2n) is 9.49. The number of benzene rings is 2. The molecule has 3 heterocycles. The number of carbonyl (C=O) groups excluding carboxylic acids is 1. The third-order valence-electron chi connectivity index (χ3n) is 7.13. The van der Waals surface area contributed by atoms with E-state index in [9.17, 15) is 9.59 Å². The molecule has 1 amide bonds. The molecule has 0 spiro atoms. The zero-order valence-corrected chi connectivity index (χ0v) is 27.7. The SMILES string of the molecule is CCN(CC)C(=O)C1=C(C)N=c2s/c(=C\c3ccc(-c4cc(Br)ccc4Br)o3)c(=O)n2[C@@H]1c1cc(OC)ccc1OC. The maximum atomic E-state index is 14.1. The molecule has 0 saturated carbocycles. The Balaban J connectivity index is 1.71. The molecule has 218 valence electrons. The molecule has 42 heavy (non-hydrogen) atoms. The lowest BCUT2D eigenvalue weighted by Gasteiger charge is -2.30. The van der Waals surface area contributed by atoms with E-state index in [1.165, 1.54) is 11.3 Å². The summed E-state index contributed by atoms with van der Waals surface area (Å²) in [7, 11) is 3.14. The molecule has 5 rings (SSSR count). The number of nitrogens with zero attached hydrogens (tertiary/aromatic N) is 3. The average molecular weight is 715 g/mol. The third-order valence-corrected chi connectivity index (χ3v) is 9.30. The van der Waals surface area contributed by atoms with Gasteiger partial charge >= 0.3 is 0 Å². The number of aromatic nitrogens is 1. The number of rotatable bonds is 8. The number of allylic oxidation sites excluding steroid dienone is 1. The summed E-state index contributed by atoms with van der Waals surface area (Å²) >= 11 is 8.33. The van der Waals surface area contributed by atoms with Gasteiger partial charge in [0.2, 0.25) is 0 Å². The highest BCUT2D eigenvalue weighted by atomic mass is 79.9. The van der Waals surface area contributed by atoms with Crippen LogP contribution in [0.4, 0.5) is 0 Å². The molecule has 0 N–H and O–H groups in total. The van der Waals surface area contributed by atoms with E-state index in [0.29, 0.717) is 62.3 Å². The second kappa shape index (κ2) is 12.4. The number of hydrogen-bond acceptors (Lipinski definition) is 7. The minimum absolute atomic E-state index is 0.180. The van der Waals surface area contributed by atoms with Gasteiger partial charge in [-0.05, 0) is 69.3 Å². The van der Waals surface area contributed by atoms with Crippen molar-refractivity contribution in [1.29, 1.82) is 0 Å². The van der Waals surface area contributed by atoms with Crippen LogP contribution in [0.15, 0.2) is 83.0 Å². The number of fused-ring (bicyclic) bond motifs is 1. The number of methoxy groups -OCH3 is 2. The topological polar surface area (TPSA) is 86.3 Å². The Hall–Kier alpha value is -3.41. The molecule has 0 fully saturated rings. The highest BCUT2D eigenvalue weighted by molar-refractivity contribution is 9.11. The van der Waals surface area contributed by atoms with Crippen molar-refractivity contribution >= 4 is 55.2 Å². The molecule has 0 unspecified atom stereocenters. The van der Waals surface area contributed by atoms with E-state index < -0.39 is 6.04 Å². The van der Waals surface area contributed by atoms with Gasteiger partial charge in [-0.15, -0.1) is 0 Å². The molecule has 8 nitrogen and oxygen atoms in total. The van der Waals surface area contributed by atoms with E-state index in [4.69, 9.17) is 18.9 Å². The van der Waals surface area contributed by atoms with E-state index in [-0.39, 0.29) is 11.5 Å². The molecule has 0 radical (unpaired) electrons. The third kappa shape index (κ3) is 5.52. The van der Waals surface area contributed by atoms with Crippen LogP contribution in [0.5, 0.6) is 11.5 Å². The molecule has 0 bridgehead atoms. The number of carbonyl (C=O) groups is 1. The molecular weight excluding hydrogens is 686 g/mol. The summed E-state index contributed by atoms with van der Waals surface area (Å²) in [6, 6.07) is 14.1. The highest BCUT2D eigenvalue weighted by Crippen LogP contribution is 2.38. The van der Waals surface area contributed by atoms with Crippen molar-refractivity contribution in [2.45, 2.75) is 26.8 Å². The smallest absolute Gasteiger partial charge is 0.271 e. The summed E-state index contributed by atoms with van der Waals surface area (Å²) in [5.41, 5.74) is 2.20. The van der Waals surface area contributed by atoms with Crippen LogP contribution in [-0.2, 0) is 4.79 Å². The molecule has 0 aliphatic carbocycles. The largest absolute Gasteiger partial charge is 0.497 e. The fourth-order valence-corrected chi connectivity index (χ4v) is 6.84. The zero-order valence-electron chi connectivity index (χ0n) is 23.7. The minimum atomic E-state index is -0.772. The standard InChI is InChI=1S/C31H29Br2N3O5S/c1-6-35(7-2)30(38)27-17(3)34-31-36(28(27)22-15-19(39-4)9-12-24(22)40-5)29(37)26(42-31)16-20-10-13-25(41-20)21-14-18(32)8-11-23(21)33/h8-16,28H,6-7H2,1-5H3/b26-16-/t28-/m1/s1. The Morgan fingerprint density at radius 2 is 1.86 bits per heavy atom. The van der Waals surface area contributed by atoms with Crippen molar-refractivity contribution in [3.8, 4) is 22.8 Å². The lowest BCUT2D eigenvalue weighted by atomic mass is 9.93. The lowest BCUT2D eigenvalue weighted by Crippen LogP contribution is -2.43. The van der Waals surface area contributed by atoms with E-state index in [0.717, 1.165) is 14.5 Å². The summed E-state index contributed by atoms with van der Waals surface area (Å²) < 4.78 is 21.2. The Morgan fingerprint density at radius 1 is 1.10 bits per heavy atom. The molecule has 1 aliphatic heterocycles. The van der Waals surface area contributed by atoms with Crippen LogP contribution in [0.2, 0.25) is 0 Å². The lowest BCUT2D eigenvalue weighted by molar-refractivity contribution is -0.127. The number of furan rings is 1. The van der Waals surface area contributed by atoms with Gasteiger partial charge < -0.3 is 18.8 Å². The fourth-order valence-electron chi connectivity index (χ4n) is 5.01. The van der Waals surface area contributed by atoms with Gasteiger partial charge in [-0.1, -0.05) is 43.2 Å². The fraction of sp³-hybridized carbons (Fsp3) is 0.258. The molecule has 1 aliphatic rings. The minimum Gasteiger partial charge on any atom is -0.497 e. The van der Waals surface area contributed by atoms with Crippen LogP contribution in [0.3, 0.4) is 0 Å². The second-order valence-corrected chi connectivity index (χ2v) is 12.3. The van der Waals surface area contributed by atoms with Crippen molar-refractivity contribution in [2.24, 2.45) is 4.99 Å². The maximum absolute atomic E-state index is 14.1. The number of amides is 1. The first-order valence-electron chi connectivity index (χ1n) is 13.3. The van der Waals surface area contributed by atoms with Gasteiger partial charge in [0, 0.05) is 39.2 Å². The molecule has 11 heteroatoms. The Morgan fingerprint density at radius 3 is 2.55 bits per heavy atom. The molecular formula is C31H29Br2N3O5S. The van der Waals surface area contributed by atoms with E-state index in [1.807, 2.05) is 57.2 Å². The van der Waals surface area contributed by atoms with Gasteiger partial charge in [0.05, 0.1) is 30.0 Å².